The van der Waals surface area contributed by atoms with Crippen molar-refractivity contribution < 1.29 is 18.9 Å². The average Bonchev–Trinajstić information content (AvgIpc) is 2.96. The van der Waals surface area contributed by atoms with Gasteiger partial charge in [0, 0.05) is 24.4 Å². The summed E-state index contributed by atoms with van der Waals surface area (Å²) in [5, 5.41) is 6.46. The molecule has 1 saturated heterocycles. The lowest BCUT2D eigenvalue weighted by Gasteiger charge is -2.32. The summed E-state index contributed by atoms with van der Waals surface area (Å²) < 4.78 is 12.1. The molecule has 1 aromatic heterocycles. The number of rotatable bonds is 5. The fourth-order valence-corrected chi connectivity index (χ4v) is 2.91. The number of thiophene rings is 1. The third-order valence-electron chi connectivity index (χ3n) is 4.29. The number of carbonyl (C=O) groups excluding carboxylic acids is 2. The Kier molecular flexibility index (Phi) is 5.13. The van der Waals surface area contributed by atoms with Crippen LogP contribution in [0, 0.1) is 0 Å². The van der Waals surface area contributed by atoms with E-state index in [9.17, 15) is 9.59 Å². The first-order valence-electron chi connectivity index (χ1n) is 7.48. The van der Waals surface area contributed by atoms with Crippen LogP contribution in [-0.2, 0) is 14.1 Å². The molecule has 1 aliphatic rings. The molecule has 124 valence electrons. The third-order valence-corrected chi connectivity index (χ3v) is 5.07. The van der Waals surface area contributed by atoms with Crippen molar-refractivity contribution in [1.29, 1.82) is 0 Å². The van der Waals surface area contributed by atoms with E-state index in [1.165, 1.54) is 18.3 Å². The lowest BCUT2D eigenvalue weighted by Crippen LogP contribution is -2.41. The number of hydrogen-bond acceptors (Lipinski definition) is 5. The first kappa shape index (κ1) is 17.9. The Bertz CT molecular complexity index is 620. The fourth-order valence-electron chi connectivity index (χ4n) is 2.15. The minimum atomic E-state index is -0.564. The highest BCUT2D eigenvalue weighted by molar-refractivity contribution is 7.08. The molecule has 1 fully saturated rings. The van der Waals surface area contributed by atoms with Crippen LogP contribution in [0.5, 0.6) is 0 Å². The monoisotopic (exact) mass is 335 g/mol. The molecule has 0 aromatic carbocycles. The molecular formula is C16H22BNO4S. The molecule has 0 radical (unpaired) electrons. The summed E-state index contributed by atoms with van der Waals surface area (Å²) in [6.45, 7) is 9.67. The van der Waals surface area contributed by atoms with Gasteiger partial charge in [-0.2, -0.15) is 11.3 Å². The van der Waals surface area contributed by atoms with Crippen molar-refractivity contribution >= 4 is 36.7 Å². The topological polar surface area (TPSA) is 64.6 Å². The number of nitrogens with one attached hydrogen (secondary N) is 1. The lowest BCUT2D eigenvalue weighted by molar-refractivity contribution is -0.118. The Hall–Kier alpha value is -1.44. The van der Waals surface area contributed by atoms with E-state index in [0.717, 1.165) is 17.3 Å². The summed E-state index contributed by atoms with van der Waals surface area (Å²) in [5.41, 5.74) is 1.27. The molecule has 1 aliphatic heterocycles. The summed E-state index contributed by atoms with van der Waals surface area (Å²) >= 11 is 1.45. The van der Waals surface area contributed by atoms with Crippen LogP contribution < -0.4 is 5.32 Å². The Balaban J connectivity index is 2.32. The predicted molar refractivity (Wildman–Crippen MR) is 92.4 cm³/mol. The summed E-state index contributed by atoms with van der Waals surface area (Å²) in [4.78, 5) is 22.4. The van der Waals surface area contributed by atoms with E-state index in [1.807, 2.05) is 39.2 Å². The molecule has 1 aromatic rings. The molecule has 7 heteroatoms. The minimum absolute atomic E-state index is 0.131. The molecule has 23 heavy (non-hydrogen) atoms. The summed E-state index contributed by atoms with van der Waals surface area (Å²) in [5.74, 6) is -0.131. The number of aldehydes is 1. The molecule has 1 amide bonds. The summed E-state index contributed by atoms with van der Waals surface area (Å²) in [6, 6.07) is 0. The maximum absolute atomic E-state index is 11.3. The third kappa shape index (κ3) is 3.91. The molecule has 2 heterocycles. The first-order chi connectivity index (χ1) is 10.7. The standard InChI is InChI=1S/C16H22BNO4S/c1-11(20)18-7-14(6-12-9-23-10-13(12)8-19)17-21-15(2,3)16(4,5)22-17/h6,8-10H,7H2,1-5H3,(H,18,20). The molecule has 5 nitrogen and oxygen atoms in total. The van der Waals surface area contributed by atoms with E-state index in [4.69, 9.17) is 9.31 Å². The molecule has 0 unspecified atom stereocenters. The van der Waals surface area contributed by atoms with Crippen molar-refractivity contribution in [1.82, 2.24) is 5.32 Å². The van der Waals surface area contributed by atoms with E-state index in [2.05, 4.69) is 5.32 Å². The van der Waals surface area contributed by atoms with Crippen LogP contribution in [-0.4, -0.2) is 37.1 Å². The number of hydrogen-bond donors (Lipinski definition) is 1. The Labute approximate surface area is 141 Å². The maximum atomic E-state index is 11.3. The average molecular weight is 335 g/mol. The molecule has 0 spiro atoms. The zero-order chi connectivity index (χ0) is 17.3. The Morgan fingerprint density at radius 3 is 2.30 bits per heavy atom. The maximum Gasteiger partial charge on any atom is 0.492 e. The summed E-state index contributed by atoms with van der Waals surface area (Å²) in [7, 11) is -0.564. The minimum Gasteiger partial charge on any atom is -0.400 e. The van der Waals surface area contributed by atoms with Crippen LogP contribution >= 0.6 is 11.3 Å². The van der Waals surface area contributed by atoms with Gasteiger partial charge in [0.2, 0.25) is 5.91 Å². The van der Waals surface area contributed by atoms with Crippen LogP contribution in [0.15, 0.2) is 16.2 Å². The van der Waals surface area contributed by atoms with Gasteiger partial charge >= 0.3 is 7.12 Å². The molecule has 0 saturated carbocycles. The Morgan fingerprint density at radius 1 is 1.22 bits per heavy atom. The van der Waals surface area contributed by atoms with Crippen molar-refractivity contribution in [2.45, 2.75) is 45.8 Å². The summed E-state index contributed by atoms with van der Waals surface area (Å²) in [6.07, 6.45) is 2.68. The van der Waals surface area contributed by atoms with Gasteiger partial charge in [0.1, 0.15) is 0 Å². The van der Waals surface area contributed by atoms with Crippen LogP contribution in [0.3, 0.4) is 0 Å². The molecular weight excluding hydrogens is 313 g/mol. The number of carbonyl (C=O) groups is 2. The molecule has 0 atom stereocenters. The normalized spacial score (nSPS) is 19.7. The van der Waals surface area contributed by atoms with E-state index in [0.29, 0.717) is 12.1 Å². The highest BCUT2D eigenvalue weighted by atomic mass is 32.1. The van der Waals surface area contributed by atoms with E-state index < -0.39 is 18.3 Å². The van der Waals surface area contributed by atoms with E-state index >= 15 is 0 Å². The van der Waals surface area contributed by atoms with Gasteiger partial charge in [-0.3, -0.25) is 9.59 Å². The van der Waals surface area contributed by atoms with E-state index in [-0.39, 0.29) is 5.91 Å². The molecule has 1 N–H and O–H groups in total. The van der Waals surface area contributed by atoms with Gasteiger partial charge in [-0.05, 0) is 44.1 Å². The van der Waals surface area contributed by atoms with Gasteiger partial charge in [-0.1, -0.05) is 6.08 Å². The second kappa shape index (κ2) is 6.59. The molecule has 0 aliphatic carbocycles. The van der Waals surface area contributed by atoms with Gasteiger partial charge in [0.25, 0.3) is 0 Å². The van der Waals surface area contributed by atoms with Gasteiger partial charge in [-0.25, -0.2) is 0 Å². The second-order valence-corrected chi connectivity index (χ2v) is 7.36. The highest BCUT2D eigenvalue weighted by Crippen LogP contribution is 2.38. The predicted octanol–water partition coefficient (Wildman–Crippen LogP) is 2.71. The SMILES string of the molecule is CC(=O)NCC(=Cc1cscc1C=O)B1OC(C)(C)C(C)(C)O1. The largest absolute Gasteiger partial charge is 0.492 e. The van der Waals surface area contributed by atoms with Crippen LogP contribution in [0.2, 0.25) is 0 Å². The second-order valence-electron chi connectivity index (χ2n) is 6.62. The van der Waals surface area contributed by atoms with Gasteiger partial charge in [-0.15, -0.1) is 0 Å². The van der Waals surface area contributed by atoms with Gasteiger partial charge in [0.05, 0.1) is 11.2 Å². The zero-order valence-corrected chi connectivity index (χ0v) is 15.0. The van der Waals surface area contributed by atoms with Crippen molar-refractivity contribution in [2.24, 2.45) is 0 Å². The van der Waals surface area contributed by atoms with Crippen molar-refractivity contribution in [3.63, 3.8) is 0 Å². The van der Waals surface area contributed by atoms with Gasteiger partial charge < -0.3 is 14.6 Å². The van der Waals surface area contributed by atoms with Crippen molar-refractivity contribution in [3.8, 4) is 0 Å². The fraction of sp³-hybridized carbons (Fsp3) is 0.500. The van der Waals surface area contributed by atoms with Crippen molar-refractivity contribution in [3.05, 3.63) is 27.4 Å². The quantitative estimate of drug-likeness (QED) is 0.664. The Morgan fingerprint density at radius 2 is 1.78 bits per heavy atom. The first-order valence-corrected chi connectivity index (χ1v) is 8.42. The van der Waals surface area contributed by atoms with Crippen LogP contribution in [0.4, 0.5) is 0 Å². The van der Waals surface area contributed by atoms with Crippen LogP contribution in [0.25, 0.3) is 6.08 Å². The van der Waals surface area contributed by atoms with Crippen LogP contribution in [0.1, 0.15) is 50.5 Å². The lowest BCUT2D eigenvalue weighted by atomic mass is 9.77. The van der Waals surface area contributed by atoms with Crippen molar-refractivity contribution in [2.75, 3.05) is 6.54 Å². The number of amides is 1. The zero-order valence-electron chi connectivity index (χ0n) is 14.1. The molecule has 0 bridgehead atoms. The van der Waals surface area contributed by atoms with E-state index in [1.54, 1.807) is 5.38 Å². The highest BCUT2D eigenvalue weighted by Gasteiger charge is 2.52. The smallest absolute Gasteiger partial charge is 0.400 e. The molecule has 2 rings (SSSR count). The van der Waals surface area contributed by atoms with Gasteiger partial charge in [0.15, 0.2) is 6.29 Å².